The van der Waals surface area contributed by atoms with Crippen LogP contribution >= 0.6 is 0 Å². The van der Waals surface area contributed by atoms with Crippen molar-refractivity contribution in [2.75, 3.05) is 0 Å². The van der Waals surface area contributed by atoms with Gasteiger partial charge in [-0.1, -0.05) is 0 Å². The van der Waals surface area contributed by atoms with Crippen LogP contribution in [-0.4, -0.2) is 17.4 Å². The van der Waals surface area contributed by atoms with Gasteiger partial charge in [0, 0.05) is 0 Å². The summed E-state index contributed by atoms with van der Waals surface area (Å²) in [6.45, 7) is 0. The molecular formula is C8H10O3. The van der Waals surface area contributed by atoms with Crippen LogP contribution in [0.5, 0.6) is 0 Å². The van der Waals surface area contributed by atoms with E-state index in [4.69, 9.17) is 4.74 Å². The lowest BCUT2D eigenvalue weighted by atomic mass is 9.97. The lowest BCUT2D eigenvalue weighted by molar-refractivity contribution is -0.151. The van der Waals surface area contributed by atoms with E-state index in [1.165, 1.54) is 0 Å². The molecule has 0 aromatic heterocycles. The molecule has 1 aliphatic heterocycles. The molecular weight excluding hydrogens is 144 g/mol. The number of hydrogen-bond donors (Lipinski definition) is 0. The van der Waals surface area contributed by atoms with Crippen molar-refractivity contribution >= 4 is 11.8 Å². The largest absolute Gasteiger partial charge is 0.451 e. The van der Waals surface area contributed by atoms with Gasteiger partial charge < -0.3 is 4.74 Å². The number of hydrogen-bond acceptors (Lipinski definition) is 3. The van der Waals surface area contributed by atoms with Crippen LogP contribution in [0.3, 0.4) is 0 Å². The highest BCUT2D eigenvalue weighted by atomic mass is 16.6. The quantitative estimate of drug-likeness (QED) is 0.383. The maximum Gasteiger partial charge on any atom is 0.314 e. The summed E-state index contributed by atoms with van der Waals surface area (Å²) < 4.78 is 5.03. The average Bonchev–Trinajstić information content (AvgIpc) is 2.45. The van der Waals surface area contributed by atoms with Crippen molar-refractivity contribution in [2.45, 2.75) is 37.7 Å². The molecule has 0 radical (unpaired) electrons. The zero-order valence-electron chi connectivity index (χ0n) is 6.26. The van der Waals surface area contributed by atoms with Crippen LogP contribution in [0.25, 0.3) is 0 Å². The molecule has 0 amide bonds. The first-order valence-electron chi connectivity index (χ1n) is 3.98. The third-order valence-electron chi connectivity index (χ3n) is 2.53. The zero-order valence-corrected chi connectivity index (χ0v) is 6.26. The summed E-state index contributed by atoms with van der Waals surface area (Å²) in [6.07, 6.45) is 3.52. The van der Waals surface area contributed by atoms with Crippen molar-refractivity contribution in [3.63, 3.8) is 0 Å². The molecule has 1 saturated heterocycles. The normalized spacial score (nSPS) is 28.0. The SMILES string of the molecule is O=C1CC(=O)C2(CCCC2)O1. The molecule has 1 aliphatic carbocycles. The Bertz CT molecular complexity index is 213. The number of esters is 1. The Kier molecular flexibility index (Phi) is 1.28. The van der Waals surface area contributed by atoms with E-state index < -0.39 is 5.60 Å². The Labute approximate surface area is 64.7 Å². The maximum absolute atomic E-state index is 11.3. The van der Waals surface area contributed by atoms with E-state index >= 15 is 0 Å². The highest BCUT2D eigenvalue weighted by Crippen LogP contribution is 2.38. The lowest BCUT2D eigenvalue weighted by Crippen LogP contribution is -2.31. The van der Waals surface area contributed by atoms with Crippen molar-refractivity contribution in [1.29, 1.82) is 0 Å². The number of carbonyl (C=O) groups excluding carboxylic acids is 2. The smallest absolute Gasteiger partial charge is 0.314 e. The van der Waals surface area contributed by atoms with Crippen LogP contribution in [0.1, 0.15) is 32.1 Å². The first-order chi connectivity index (χ1) is 5.23. The van der Waals surface area contributed by atoms with Crippen LogP contribution in [0.4, 0.5) is 0 Å². The van der Waals surface area contributed by atoms with Crippen molar-refractivity contribution in [1.82, 2.24) is 0 Å². The monoisotopic (exact) mass is 154 g/mol. The molecule has 0 aromatic carbocycles. The Hall–Kier alpha value is -0.860. The van der Waals surface area contributed by atoms with E-state index in [0.717, 1.165) is 25.7 Å². The molecule has 0 aromatic rings. The Morgan fingerprint density at radius 2 is 1.82 bits per heavy atom. The molecule has 0 N–H and O–H groups in total. The molecule has 0 atom stereocenters. The minimum Gasteiger partial charge on any atom is -0.451 e. The molecule has 1 saturated carbocycles. The van der Waals surface area contributed by atoms with Gasteiger partial charge in [-0.25, -0.2) is 0 Å². The maximum atomic E-state index is 11.3. The number of rotatable bonds is 0. The zero-order chi connectivity index (χ0) is 7.90. The second kappa shape index (κ2) is 2.06. The average molecular weight is 154 g/mol. The van der Waals surface area contributed by atoms with Gasteiger partial charge in [0.2, 0.25) is 0 Å². The predicted octanol–water partition coefficient (Wildman–Crippen LogP) is 0.815. The molecule has 0 bridgehead atoms. The van der Waals surface area contributed by atoms with Gasteiger partial charge in [0.25, 0.3) is 0 Å². The predicted molar refractivity (Wildman–Crippen MR) is 36.9 cm³/mol. The number of Topliss-reactive ketones (excluding diaryl/α,β-unsaturated/α-hetero) is 1. The van der Waals surface area contributed by atoms with Crippen molar-refractivity contribution in [3.05, 3.63) is 0 Å². The third-order valence-corrected chi connectivity index (χ3v) is 2.53. The van der Waals surface area contributed by atoms with Crippen LogP contribution in [0.15, 0.2) is 0 Å². The second-order valence-electron chi connectivity index (χ2n) is 3.28. The molecule has 3 heteroatoms. The highest BCUT2D eigenvalue weighted by Gasteiger charge is 2.49. The molecule has 1 spiro atoms. The fourth-order valence-corrected chi connectivity index (χ4v) is 1.93. The van der Waals surface area contributed by atoms with Crippen molar-refractivity contribution < 1.29 is 14.3 Å². The van der Waals surface area contributed by atoms with E-state index in [2.05, 4.69) is 0 Å². The molecule has 11 heavy (non-hydrogen) atoms. The van der Waals surface area contributed by atoms with Gasteiger partial charge in [-0.2, -0.15) is 0 Å². The minimum atomic E-state index is -0.670. The summed E-state index contributed by atoms with van der Waals surface area (Å²) in [5.74, 6) is -0.336. The number of ketones is 1. The number of carbonyl (C=O) groups is 2. The van der Waals surface area contributed by atoms with Crippen LogP contribution in [0, 0.1) is 0 Å². The summed E-state index contributed by atoms with van der Waals surface area (Å²) in [7, 11) is 0. The van der Waals surface area contributed by atoms with Gasteiger partial charge in [0.1, 0.15) is 6.42 Å². The molecule has 2 fully saturated rings. The topological polar surface area (TPSA) is 43.4 Å². The number of ether oxygens (including phenoxy) is 1. The highest BCUT2D eigenvalue weighted by molar-refractivity contribution is 6.06. The summed E-state index contributed by atoms with van der Waals surface area (Å²) in [5.41, 5.74) is -0.670. The van der Waals surface area contributed by atoms with E-state index in [9.17, 15) is 9.59 Å². The molecule has 2 aliphatic rings. The van der Waals surface area contributed by atoms with Gasteiger partial charge in [-0.3, -0.25) is 9.59 Å². The molecule has 60 valence electrons. The van der Waals surface area contributed by atoms with Crippen molar-refractivity contribution in [3.8, 4) is 0 Å². The van der Waals surface area contributed by atoms with Gasteiger partial charge in [-0.15, -0.1) is 0 Å². The summed E-state index contributed by atoms with van der Waals surface area (Å²) in [5, 5.41) is 0. The third kappa shape index (κ3) is 0.870. The molecule has 2 rings (SSSR count). The fourth-order valence-electron chi connectivity index (χ4n) is 1.93. The van der Waals surface area contributed by atoms with Crippen LogP contribution < -0.4 is 0 Å². The van der Waals surface area contributed by atoms with E-state index in [1.807, 2.05) is 0 Å². The summed E-state index contributed by atoms with van der Waals surface area (Å²) in [4.78, 5) is 22.0. The lowest BCUT2D eigenvalue weighted by Gasteiger charge is -2.18. The van der Waals surface area contributed by atoms with E-state index in [1.54, 1.807) is 0 Å². The van der Waals surface area contributed by atoms with Gasteiger partial charge in [0.05, 0.1) is 0 Å². The van der Waals surface area contributed by atoms with Crippen molar-refractivity contribution in [2.24, 2.45) is 0 Å². The van der Waals surface area contributed by atoms with Gasteiger partial charge in [-0.05, 0) is 25.7 Å². The molecule has 3 nitrogen and oxygen atoms in total. The van der Waals surface area contributed by atoms with Gasteiger partial charge in [0.15, 0.2) is 11.4 Å². The fraction of sp³-hybridized carbons (Fsp3) is 0.750. The Morgan fingerprint density at radius 3 is 2.27 bits per heavy atom. The van der Waals surface area contributed by atoms with Crippen LogP contribution in [-0.2, 0) is 14.3 Å². The Balaban J connectivity index is 2.24. The first kappa shape index (κ1) is 6.83. The van der Waals surface area contributed by atoms with Crippen LogP contribution in [0.2, 0.25) is 0 Å². The minimum absolute atomic E-state index is 0.000000000000000444. The second-order valence-corrected chi connectivity index (χ2v) is 3.28. The van der Waals surface area contributed by atoms with E-state index in [0.29, 0.717) is 0 Å². The van der Waals surface area contributed by atoms with Gasteiger partial charge >= 0.3 is 5.97 Å². The Morgan fingerprint density at radius 1 is 1.18 bits per heavy atom. The molecule has 1 heterocycles. The first-order valence-corrected chi connectivity index (χ1v) is 3.98. The molecule has 0 unspecified atom stereocenters. The summed E-state index contributed by atoms with van der Waals surface area (Å²) in [6, 6.07) is 0. The summed E-state index contributed by atoms with van der Waals surface area (Å²) >= 11 is 0. The standard InChI is InChI=1S/C8H10O3/c9-6-5-7(10)11-8(6)3-1-2-4-8/h1-5H2. The van der Waals surface area contributed by atoms with E-state index in [-0.39, 0.29) is 18.2 Å².